The molecule has 0 aliphatic carbocycles. The summed E-state index contributed by atoms with van der Waals surface area (Å²) < 4.78 is 54.5. The first-order valence-corrected chi connectivity index (χ1v) is 17.6. The van der Waals surface area contributed by atoms with E-state index in [1.807, 2.05) is 0 Å². The molecule has 48 heavy (non-hydrogen) atoms. The number of ether oxygens (including phenoxy) is 5. The summed E-state index contributed by atoms with van der Waals surface area (Å²) in [5.74, 6) is -1.86. The number of rotatable bonds is 10. The van der Waals surface area contributed by atoms with E-state index < -0.39 is 73.4 Å². The van der Waals surface area contributed by atoms with Crippen molar-refractivity contribution >= 4 is 54.3 Å². The van der Waals surface area contributed by atoms with E-state index in [4.69, 9.17) is 44.3 Å². The van der Waals surface area contributed by atoms with Crippen LogP contribution in [0, 0.1) is 0 Å². The van der Waals surface area contributed by atoms with Gasteiger partial charge in [-0.3, -0.25) is 13.9 Å². The van der Waals surface area contributed by atoms with Gasteiger partial charge in [-0.15, -0.1) is 0 Å². The van der Waals surface area contributed by atoms with E-state index in [2.05, 4.69) is 20.3 Å². The summed E-state index contributed by atoms with van der Waals surface area (Å²) in [6.45, 7) is 16.8. The van der Waals surface area contributed by atoms with Gasteiger partial charge in [0, 0.05) is 6.54 Å². The molecule has 2 aliphatic heterocycles. The maximum Gasteiger partial charge on any atom is 0.425 e. The predicted molar refractivity (Wildman–Crippen MR) is 172 cm³/mol. The predicted octanol–water partition coefficient (Wildman–Crippen LogP) is 4.96. The summed E-state index contributed by atoms with van der Waals surface area (Å²) >= 11 is 6.36. The number of imide groups is 1. The van der Waals surface area contributed by atoms with Crippen LogP contribution < -0.4 is 10.2 Å². The Morgan fingerprint density at radius 3 is 2.10 bits per heavy atom. The van der Waals surface area contributed by atoms with Crippen molar-refractivity contribution in [3.05, 3.63) is 11.6 Å². The number of anilines is 1. The maximum absolute atomic E-state index is 13.4. The third-order valence-electron chi connectivity index (χ3n) is 6.63. The Kier molecular flexibility index (Phi) is 11.2. The van der Waals surface area contributed by atoms with E-state index in [9.17, 15) is 18.9 Å². The van der Waals surface area contributed by atoms with Gasteiger partial charge >= 0.3 is 19.8 Å². The number of fused-ring (bicyclic) bond motifs is 2. The lowest BCUT2D eigenvalue weighted by atomic mass is 10.1. The van der Waals surface area contributed by atoms with Gasteiger partial charge in [0.05, 0.1) is 19.5 Å². The molecule has 268 valence electrons. The first-order chi connectivity index (χ1) is 22.2. The van der Waals surface area contributed by atoms with Gasteiger partial charge in [0.25, 0.3) is 0 Å². The zero-order chi connectivity index (χ0) is 35.8. The van der Waals surface area contributed by atoms with Crippen LogP contribution >= 0.6 is 19.2 Å². The molecule has 2 unspecified atom stereocenters. The Morgan fingerprint density at radius 1 is 1.00 bits per heavy atom. The first kappa shape index (κ1) is 37.9. The fourth-order valence-corrected chi connectivity index (χ4v) is 6.76. The molecule has 0 radical (unpaired) electrons. The number of aromatic nitrogens is 4. The Labute approximate surface area is 283 Å². The topological polar surface area (TPSA) is 192 Å². The summed E-state index contributed by atoms with van der Waals surface area (Å²) in [6.07, 6.45) is -4.27. The lowest BCUT2D eigenvalue weighted by Gasteiger charge is -2.28. The first-order valence-electron chi connectivity index (χ1n) is 15.5. The van der Waals surface area contributed by atoms with Gasteiger partial charge in [-0.1, -0.05) is 0 Å². The summed E-state index contributed by atoms with van der Waals surface area (Å²) in [4.78, 5) is 53.1. The summed E-state index contributed by atoms with van der Waals surface area (Å²) in [5, 5.41) is 2.41. The molecule has 0 saturated carbocycles. The van der Waals surface area contributed by atoms with Crippen LogP contribution in [-0.2, 0) is 42.1 Å². The fourth-order valence-electron chi connectivity index (χ4n) is 5.10. The summed E-state index contributed by atoms with van der Waals surface area (Å²) in [7, 11) is -3.63. The van der Waals surface area contributed by atoms with E-state index in [1.165, 1.54) is 10.9 Å². The molecule has 4 rings (SSSR count). The van der Waals surface area contributed by atoms with Gasteiger partial charge < -0.3 is 38.0 Å². The zero-order valence-corrected chi connectivity index (χ0v) is 30.4. The minimum atomic E-state index is -3.63. The molecule has 4 atom stereocenters. The Balaban J connectivity index is 1.67. The minimum Gasteiger partial charge on any atom is -0.443 e. The molecule has 2 aliphatic rings. The van der Waals surface area contributed by atoms with Gasteiger partial charge in [-0.05, 0) is 80.8 Å². The molecular weight excluding hydrogens is 675 g/mol. The van der Waals surface area contributed by atoms with Crippen LogP contribution in [0.5, 0.6) is 0 Å². The molecule has 2 saturated heterocycles. The van der Waals surface area contributed by atoms with Crippen molar-refractivity contribution in [3.8, 4) is 0 Å². The second kappa shape index (κ2) is 14.1. The third kappa shape index (κ3) is 9.00. The summed E-state index contributed by atoms with van der Waals surface area (Å²) in [5.41, 5.74) is -1.84. The van der Waals surface area contributed by atoms with Crippen molar-refractivity contribution in [1.29, 1.82) is 0 Å². The largest absolute Gasteiger partial charge is 0.443 e. The molecule has 2 aromatic rings. The van der Waals surface area contributed by atoms with E-state index in [0.29, 0.717) is 4.90 Å². The number of amides is 3. The van der Waals surface area contributed by atoms with Crippen molar-refractivity contribution in [2.24, 2.45) is 0 Å². The van der Waals surface area contributed by atoms with Crippen LogP contribution in [0.2, 0.25) is 5.28 Å². The average Bonchev–Trinajstić information content (AvgIpc) is 3.56. The molecule has 2 aromatic heterocycles. The minimum absolute atomic E-state index is 0.00815. The fraction of sp³-hybridized carbons (Fsp3) is 0.724. The SMILES string of the molecule is CCOP(=O)(CC(=O)NC[C@H]1O[C@@H](n2cnc3c(N(C(=O)OC(C)(C)C)C(=O)OC(C)(C)C)nc(Cl)nc32)C2OC(C)(C)OC21)OCC. The lowest BCUT2D eigenvalue weighted by molar-refractivity contribution is -0.195. The number of carbonyl (C=O) groups excluding carboxylic acids is 3. The Morgan fingerprint density at radius 2 is 1.56 bits per heavy atom. The smallest absolute Gasteiger partial charge is 0.425 e. The second-order valence-corrected chi connectivity index (χ2v) is 15.9. The third-order valence-corrected chi connectivity index (χ3v) is 8.78. The van der Waals surface area contributed by atoms with Gasteiger partial charge in [-0.2, -0.15) is 14.9 Å². The van der Waals surface area contributed by atoms with E-state index in [0.717, 1.165) is 0 Å². The van der Waals surface area contributed by atoms with E-state index >= 15 is 0 Å². The number of nitrogens with zero attached hydrogens (tertiary/aromatic N) is 5. The van der Waals surface area contributed by atoms with Gasteiger partial charge in [0.15, 0.2) is 29.0 Å². The average molecular weight is 719 g/mol. The quantitative estimate of drug-likeness (QED) is 0.256. The molecule has 3 amide bonds. The molecule has 1 N–H and O–H groups in total. The van der Waals surface area contributed by atoms with Crippen molar-refractivity contribution in [2.75, 3.05) is 30.8 Å². The van der Waals surface area contributed by atoms with Gasteiger partial charge in [-0.25, -0.2) is 14.6 Å². The molecule has 0 bridgehead atoms. The van der Waals surface area contributed by atoms with Crippen LogP contribution in [0.3, 0.4) is 0 Å². The number of hydrogen-bond acceptors (Lipinski definition) is 14. The van der Waals surface area contributed by atoms with Crippen LogP contribution in [0.15, 0.2) is 6.33 Å². The monoisotopic (exact) mass is 718 g/mol. The zero-order valence-electron chi connectivity index (χ0n) is 28.8. The standard InChI is InChI=1S/C29H44ClN6O11P/c1-11-41-48(40,42-12-2)14-17(37)31-13-16-19-20(45-29(9,10)44-19)23(43-16)35-15-32-18-21(35)33-24(30)34-22(18)36(25(38)46-27(3,4)5)26(39)47-28(6,7)8/h15-16,19-20,23H,11-14H2,1-10H3,(H,31,37)/t16-,19?,20?,23-/m1/s1. The Bertz CT molecular complexity index is 1530. The maximum atomic E-state index is 13.4. The lowest BCUT2D eigenvalue weighted by Crippen LogP contribution is -2.44. The number of halogens is 1. The van der Waals surface area contributed by atoms with Crippen LogP contribution in [-0.4, -0.2) is 98.8 Å². The molecular formula is C29H44ClN6O11P. The highest BCUT2D eigenvalue weighted by Crippen LogP contribution is 2.48. The van der Waals surface area contributed by atoms with Crippen molar-refractivity contribution in [1.82, 2.24) is 24.8 Å². The number of carbonyl (C=O) groups is 3. The van der Waals surface area contributed by atoms with Gasteiger partial charge in [0.1, 0.15) is 35.7 Å². The Hall–Kier alpha value is -2.92. The van der Waals surface area contributed by atoms with Crippen LogP contribution in [0.1, 0.15) is 75.5 Å². The second-order valence-electron chi connectivity index (χ2n) is 13.5. The molecule has 0 spiro atoms. The molecule has 0 aromatic carbocycles. The van der Waals surface area contributed by atoms with Gasteiger partial charge in [0.2, 0.25) is 11.2 Å². The van der Waals surface area contributed by atoms with Crippen molar-refractivity contribution in [3.63, 3.8) is 0 Å². The van der Waals surface area contributed by atoms with Crippen LogP contribution in [0.25, 0.3) is 11.2 Å². The van der Waals surface area contributed by atoms with Crippen molar-refractivity contribution < 1.29 is 51.7 Å². The van der Waals surface area contributed by atoms with E-state index in [-0.39, 0.29) is 42.0 Å². The molecule has 19 heteroatoms. The highest BCUT2D eigenvalue weighted by Gasteiger charge is 2.56. The number of nitrogens with one attached hydrogen (secondary N) is 1. The molecule has 2 fully saturated rings. The highest BCUT2D eigenvalue weighted by atomic mass is 35.5. The van der Waals surface area contributed by atoms with Crippen molar-refractivity contribution in [2.45, 2.75) is 111 Å². The number of imidazole rings is 1. The highest BCUT2D eigenvalue weighted by molar-refractivity contribution is 7.54. The normalized spacial score (nSPS) is 22.4. The van der Waals surface area contributed by atoms with E-state index in [1.54, 1.807) is 69.2 Å². The summed E-state index contributed by atoms with van der Waals surface area (Å²) in [6, 6.07) is 0. The number of hydrogen-bond donors (Lipinski definition) is 1. The molecule has 17 nitrogen and oxygen atoms in total. The van der Waals surface area contributed by atoms with Crippen LogP contribution in [0.4, 0.5) is 15.4 Å². The molecule has 4 heterocycles.